The molecule has 0 aliphatic heterocycles. The molecule has 0 amide bonds. The zero-order valence-corrected chi connectivity index (χ0v) is 13.7. The minimum absolute atomic E-state index is 0.167. The first-order chi connectivity index (χ1) is 9.68. The smallest absolute Gasteiger partial charge is 0.194 e. The Balaban J connectivity index is 2.04. The molecule has 0 atom stereocenters. The van der Waals surface area contributed by atoms with E-state index < -0.39 is 0 Å². The van der Waals surface area contributed by atoms with Crippen LogP contribution in [0.4, 0.5) is 0 Å². The highest BCUT2D eigenvalue weighted by Crippen LogP contribution is 2.38. The molecule has 3 rings (SSSR count). The van der Waals surface area contributed by atoms with Gasteiger partial charge in [0.1, 0.15) is 0 Å². The lowest BCUT2D eigenvalue weighted by atomic mass is 9.77. The van der Waals surface area contributed by atoms with E-state index in [1.54, 1.807) is 0 Å². The summed E-state index contributed by atoms with van der Waals surface area (Å²) in [5.41, 5.74) is 4.12. The summed E-state index contributed by atoms with van der Waals surface area (Å²) in [6.07, 6.45) is 3.72. The first-order valence-electron chi connectivity index (χ1n) is 7.07. The van der Waals surface area contributed by atoms with E-state index in [9.17, 15) is 4.79 Å². The van der Waals surface area contributed by atoms with Crippen molar-refractivity contribution in [3.05, 3.63) is 68.3 Å². The third kappa shape index (κ3) is 2.41. The van der Waals surface area contributed by atoms with Gasteiger partial charge in [0, 0.05) is 14.7 Å². The van der Waals surface area contributed by atoms with Gasteiger partial charge in [-0.15, -0.1) is 0 Å². The van der Waals surface area contributed by atoms with E-state index in [1.807, 2.05) is 30.3 Å². The van der Waals surface area contributed by atoms with Crippen molar-refractivity contribution in [2.24, 2.45) is 0 Å². The molecule has 2 heteroatoms. The molecule has 0 unspecified atom stereocenters. The molecule has 1 aliphatic carbocycles. The molecule has 2 aromatic rings. The Labute approximate surface area is 133 Å². The van der Waals surface area contributed by atoms with Crippen LogP contribution in [-0.4, -0.2) is 5.78 Å². The molecule has 1 fully saturated rings. The van der Waals surface area contributed by atoms with Crippen LogP contribution in [0.15, 0.2) is 42.5 Å². The van der Waals surface area contributed by atoms with Gasteiger partial charge in [-0.05, 0) is 65.5 Å². The third-order valence-electron chi connectivity index (χ3n) is 4.19. The van der Waals surface area contributed by atoms with Crippen LogP contribution in [0.25, 0.3) is 0 Å². The molecule has 20 heavy (non-hydrogen) atoms. The maximum atomic E-state index is 12.9. The van der Waals surface area contributed by atoms with Crippen molar-refractivity contribution in [1.29, 1.82) is 0 Å². The Kier molecular flexibility index (Phi) is 3.92. The van der Waals surface area contributed by atoms with Gasteiger partial charge in [-0.3, -0.25) is 4.79 Å². The van der Waals surface area contributed by atoms with Gasteiger partial charge in [0.05, 0.1) is 0 Å². The van der Waals surface area contributed by atoms with Gasteiger partial charge in [-0.25, -0.2) is 0 Å². The van der Waals surface area contributed by atoms with Crippen LogP contribution in [0, 0.1) is 10.5 Å². The summed E-state index contributed by atoms with van der Waals surface area (Å²) in [5, 5.41) is 0. The monoisotopic (exact) mass is 376 g/mol. The molecule has 0 aromatic heterocycles. The second-order valence-electron chi connectivity index (χ2n) is 5.48. The van der Waals surface area contributed by atoms with E-state index in [4.69, 9.17) is 0 Å². The van der Waals surface area contributed by atoms with Crippen molar-refractivity contribution < 1.29 is 4.79 Å². The predicted octanol–water partition coefficient (Wildman–Crippen LogP) is 5.10. The lowest BCUT2D eigenvalue weighted by molar-refractivity contribution is 0.103. The van der Waals surface area contributed by atoms with E-state index in [0.29, 0.717) is 5.92 Å². The molecule has 0 heterocycles. The van der Waals surface area contributed by atoms with Crippen LogP contribution in [0.2, 0.25) is 0 Å². The molecule has 1 aliphatic rings. The number of hydrogen-bond donors (Lipinski definition) is 0. The molecule has 0 spiro atoms. The zero-order chi connectivity index (χ0) is 14.1. The summed E-state index contributed by atoms with van der Waals surface area (Å²) in [4.78, 5) is 12.9. The quantitative estimate of drug-likeness (QED) is 0.538. The van der Waals surface area contributed by atoms with Crippen LogP contribution in [-0.2, 0) is 0 Å². The van der Waals surface area contributed by atoms with Crippen molar-refractivity contribution in [1.82, 2.24) is 0 Å². The average molecular weight is 376 g/mol. The van der Waals surface area contributed by atoms with E-state index in [0.717, 1.165) is 20.3 Å². The van der Waals surface area contributed by atoms with Crippen molar-refractivity contribution in [2.75, 3.05) is 0 Å². The number of aryl methyl sites for hydroxylation is 1. The summed E-state index contributed by atoms with van der Waals surface area (Å²) in [6.45, 7) is 2.05. The molecule has 102 valence electrons. The van der Waals surface area contributed by atoms with Gasteiger partial charge in [0.15, 0.2) is 5.78 Å². The number of rotatable bonds is 3. The Morgan fingerprint density at radius 3 is 2.45 bits per heavy atom. The average Bonchev–Trinajstić information content (AvgIpc) is 2.40. The Hall–Kier alpha value is -1.16. The maximum absolute atomic E-state index is 12.9. The van der Waals surface area contributed by atoms with Gasteiger partial charge >= 0.3 is 0 Å². The number of carbonyl (C=O) groups is 1. The number of carbonyl (C=O) groups excluding carboxylic acids is 1. The van der Waals surface area contributed by atoms with Crippen molar-refractivity contribution >= 4 is 28.4 Å². The standard InChI is InChI=1S/C18H17IO/c1-12-6-4-11-16(17(12)19)18(20)15-10-3-2-9-14(15)13-7-5-8-13/h2-4,6,9-11,13H,5,7-8H2,1H3. The molecular formula is C18H17IO. The summed E-state index contributed by atoms with van der Waals surface area (Å²) in [5.74, 6) is 0.748. The molecule has 1 saturated carbocycles. The zero-order valence-electron chi connectivity index (χ0n) is 11.5. The SMILES string of the molecule is Cc1cccc(C(=O)c2ccccc2C2CCC2)c1I. The lowest BCUT2D eigenvalue weighted by Gasteiger charge is -2.27. The Morgan fingerprint density at radius 1 is 1.05 bits per heavy atom. The van der Waals surface area contributed by atoms with Gasteiger partial charge in [0.25, 0.3) is 0 Å². The number of hydrogen-bond acceptors (Lipinski definition) is 1. The van der Waals surface area contributed by atoms with Crippen LogP contribution in [0.1, 0.15) is 52.2 Å². The molecule has 2 aromatic carbocycles. The summed E-state index contributed by atoms with van der Waals surface area (Å²) in [7, 11) is 0. The summed E-state index contributed by atoms with van der Waals surface area (Å²) < 4.78 is 1.07. The lowest BCUT2D eigenvalue weighted by Crippen LogP contribution is -2.15. The van der Waals surface area contributed by atoms with E-state index in [1.165, 1.54) is 24.8 Å². The summed E-state index contributed by atoms with van der Waals surface area (Å²) >= 11 is 2.28. The number of benzene rings is 2. The van der Waals surface area contributed by atoms with Crippen LogP contribution >= 0.6 is 22.6 Å². The normalized spacial score (nSPS) is 14.9. The fourth-order valence-electron chi connectivity index (χ4n) is 2.75. The fourth-order valence-corrected chi connectivity index (χ4v) is 3.35. The van der Waals surface area contributed by atoms with Gasteiger partial charge in [-0.1, -0.05) is 42.8 Å². The molecule has 1 nitrogen and oxygen atoms in total. The van der Waals surface area contributed by atoms with Gasteiger partial charge < -0.3 is 0 Å². The molecular weight excluding hydrogens is 359 g/mol. The van der Waals surface area contributed by atoms with Crippen LogP contribution < -0.4 is 0 Å². The number of ketones is 1. The molecule has 0 saturated heterocycles. The highest BCUT2D eigenvalue weighted by molar-refractivity contribution is 14.1. The van der Waals surface area contributed by atoms with Crippen molar-refractivity contribution in [3.63, 3.8) is 0 Å². The highest BCUT2D eigenvalue weighted by atomic mass is 127. The van der Waals surface area contributed by atoms with Crippen LogP contribution in [0.3, 0.4) is 0 Å². The van der Waals surface area contributed by atoms with Crippen molar-refractivity contribution in [2.45, 2.75) is 32.1 Å². The topological polar surface area (TPSA) is 17.1 Å². The first-order valence-corrected chi connectivity index (χ1v) is 8.15. The second kappa shape index (κ2) is 5.68. The second-order valence-corrected chi connectivity index (χ2v) is 6.56. The maximum Gasteiger partial charge on any atom is 0.194 e. The first kappa shape index (κ1) is 13.8. The third-order valence-corrected chi connectivity index (χ3v) is 5.62. The minimum Gasteiger partial charge on any atom is -0.289 e. The van der Waals surface area contributed by atoms with Crippen molar-refractivity contribution in [3.8, 4) is 0 Å². The van der Waals surface area contributed by atoms with E-state index >= 15 is 0 Å². The molecule has 0 N–H and O–H groups in total. The van der Waals surface area contributed by atoms with Crippen LogP contribution in [0.5, 0.6) is 0 Å². The fraction of sp³-hybridized carbons (Fsp3) is 0.278. The minimum atomic E-state index is 0.167. The molecule has 0 radical (unpaired) electrons. The Morgan fingerprint density at radius 2 is 1.75 bits per heavy atom. The summed E-state index contributed by atoms with van der Waals surface area (Å²) in [6, 6.07) is 14.1. The largest absolute Gasteiger partial charge is 0.289 e. The van der Waals surface area contributed by atoms with E-state index in [2.05, 4.69) is 41.6 Å². The van der Waals surface area contributed by atoms with Gasteiger partial charge in [0.2, 0.25) is 0 Å². The highest BCUT2D eigenvalue weighted by Gasteiger charge is 2.25. The Bertz CT molecular complexity index is 656. The molecule has 0 bridgehead atoms. The van der Waals surface area contributed by atoms with Gasteiger partial charge in [-0.2, -0.15) is 0 Å². The predicted molar refractivity (Wildman–Crippen MR) is 90.4 cm³/mol. The van der Waals surface area contributed by atoms with E-state index in [-0.39, 0.29) is 5.78 Å². The number of halogens is 1.